The van der Waals surface area contributed by atoms with E-state index in [9.17, 15) is 18.4 Å². The molecule has 170 valence electrons. The Morgan fingerprint density at radius 1 is 1.09 bits per heavy atom. The highest BCUT2D eigenvalue weighted by atomic mass is 19.1. The lowest BCUT2D eigenvalue weighted by Gasteiger charge is -2.52. The molecular formula is C27H30F2O3. The van der Waals surface area contributed by atoms with Crippen LogP contribution >= 0.6 is 0 Å². The maximum Gasteiger partial charge on any atom is 0.302 e. The van der Waals surface area contributed by atoms with Gasteiger partial charge < -0.3 is 4.74 Å². The van der Waals surface area contributed by atoms with Crippen LogP contribution < -0.4 is 0 Å². The molecule has 5 unspecified atom stereocenters. The van der Waals surface area contributed by atoms with E-state index in [1.165, 1.54) is 37.1 Å². The fourth-order valence-electron chi connectivity index (χ4n) is 7.17. The number of benzene rings is 1. The summed E-state index contributed by atoms with van der Waals surface area (Å²) >= 11 is 0. The molecule has 5 atom stereocenters. The molecule has 32 heavy (non-hydrogen) atoms. The van der Waals surface area contributed by atoms with Crippen molar-refractivity contribution in [2.45, 2.75) is 77.7 Å². The van der Waals surface area contributed by atoms with Gasteiger partial charge in [0.15, 0.2) is 5.78 Å². The molecule has 0 saturated heterocycles. The third-order valence-electron chi connectivity index (χ3n) is 8.66. The first kappa shape index (κ1) is 21.5. The van der Waals surface area contributed by atoms with Crippen molar-refractivity contribution in [3.8, 4) is 0 Å². The molecule has 2 saturated carbocycles. The van der Waals surface area contributed by atoms with E-state index in [4.69, 9.17) is 4.74 Å². The molecule has 0 radical (unpaired) electrons. The fourth-order valence-corrected chi connectivity index (χ4v) is 7.17. The van der Waals surface area contributed by atoms with E-state index in [2.05, 4.69) is 6.92 Å². The van der Waals surface area contributed by atoms with E-state index >= 15 is 0 Å². The van der Waals surface area contributed by atoms with Gasteiger partial charge >= 0.3 is 5.97 Å². The van der Waals surface area contributed by atoms with E-state index in [1.807, 2.05) is 0 Å². The summed E-state index contributed by atoms with van der Waals surface area (Å²) in [5.74, 6) is -0.649. The molecule has 0 aliphatic heterocycles. The number of ether oxygens (including phenoxy) is 1. The van der Waals surface area contributed by atoms with E-state index in [0.29, 0.717) is 30.7 Å². The number of rotatable bonds is 2. The van der Waals surface area contributed by atoms with Crippen molar-refractivity contribution in [1.29, 1.82) is 0 Å². The maximum atomic E-state index is 14.6. The van der Waals surface area contributed by atoms with Crippen LogP contribution in [0.25, 0.3) is 0 Å². The Labute approximate surface area is 187 Å². The largest absolute Gasteiger partial charge is 0.462 e. The summed E-state index contributed by atoms with van der Waals surface area (Å²) in [5, 5.41) is 0. The molecular weight excluding hydrogens is 410 g/mol. The molecule has 3 nitrogen and oxygen atoms in total. The number of hydrogen-bond donors (Lipinski definition) is 0. The van der Waals surface area contributed by atoms with E-state index in [0.717, 1.165) is 31.3 Å². The van der Waals surface area contributed by atoms with Crippen molar-refractivity contribution >= 4 is 11.8 Å². The van der Waals surface area contributed by atoms with E-state index < -0.39 is 11.6 Å². The number of esters is 1. The van der Waals surface area contributed by atoms with Crippen molar-refractivity contribution < 1.29 is 23.1 Å². The average molecular weight is 441 g/mol. The molecule has 1 aromatic carbocycles. The Morgan fingerprint density at radius 3 is 2.50 bits per heavy atom. The van der Waals surface area contributed by atoms with E-state index in [1.54, 1.807) is 6.08 Å². The molecule has 0 spiro atoms. The Kier molecular flexibility index (Phi) is 5.14. The number of carbonyl (C=O) groups is 2. The van der Waals surface area contributed by atoms with Gasteiger partial charge in [0.25, 0.3) is 0 Å². The van der Waals surface area contributed by atoms with Gasteiger partial charge in [0, 0.05) is 30.2 Å². The molecule has 0 bridgehead atoms. The third kappa shape index (κ3) is 3.27. The minimum atomic E-state index is -0.525. The Hall–Kier alpha value is -2.30. The van der Waals surface area contributed by atoms with Gasteiger partial charge in [0.05, 0.1) is 0 Å². The maximum absolute atomic E-state index is 14.6. The normalized spacial score (nSPS) is 33.9. The summed E-state index contributed by atoms with van der Waals surface area (Å²) in [6, 6.07) is 2.97. The van der Waals surface area contributed by atoms with Gasteiger partial charge in [-0.25, -0.2) is 8.78 Å². The Balaban J connectivity index is 1.68. The molecule has 0 aromatic heterocycles. The first-order chi connectivity index (χ1) is 15.2. The number of allylic oxidation sites excluding steroid dienone is 4. The highest BCUT2D eigenvalue weighted by Crippen LogP contribution is 2.64. The van der Waals surface area contributed by atoms with Crippen molar-refractivity contribution in [1.82, 2.24) is 0 Å². The average Bonchev–Trinajstić information content (AvgIpc) is 3.06. The summed E-state index contributed by atoms with van der Waals surface area (Å²) in [6.45, 7) is 5.11. The molecule has 2 fully saturated rings. The number of ketones is 1. The predicted molar refractivity (Wildman–Crippen MR) is 117 cm³/mol. The smallest absolute Gasteiger partial charge is 0.302 e. The van der Waals surface area contributed by atoms with Crippen molar-refractivity contribution in [2.24, 2.45) is 17.3 Å². The molecule has 1 aromatic rings. The molecule has 5 rings (SSSR count). The monoisotopic (exact) mass is 440 g/mol. The second-order valence-electron chi connectivity index (χ2n) is 10.4. The number of fused-ring (bicyclic) bond motifs is 4. The van der Waals surface area contributed by atoms with Gasteiger partial charge in [-0.1, -0.05) is 12.5 Å². The second kappa shape index (κ2) is 7.64. The van der Waals surface area contributed by atoms with Gasteiger partial charge in [0.1, 0.15) is 17.7 Å². The molecule has 5 heteroatoms. The standard InChI is InChI=1S/C27H30F2O3/c1-14-23(28)11-17(12-24(14)29)21-13-27(3)22(8-9-25(27)32-15(2)30)20-6-4-16-10-18(31)5-7-19(16)26(20)21/h10-12,20-22,25H,4-9,13H2,1-3H3. The predicted octanol–water partition coefficient (Wildman–Crippen LogP) is 6.10. The van der Waals surface area contributed by atoms with E-state index in [-0.39, 0.29) is 40.7 Å². The zero-order valence-corrected chi connectivity index (χ0v) is 19.0. The zero-order valence-electron chi connectivity index (χ0n) is 19.0. The molecule has 0 heterocycles. The highest BCUT2D eigenvalue weighted by Gasteiger charge is 2.58. The van der Waals surface area contributed by atoms with Gasteiger partial charge in [-0.2, -0.15) is 0 Å². The van der Waals surface area contributed by atoms with Gasteiger partial charge in [-0.15, -0.1) is 0 Å². The van der Waals surface area contributed by atoms with Crippen molar-refractivity contribution in [2.75, 3.05) is 0 Å². The van der Waals surface area contributed by atoms with Crippen LogP contribution in [0.4, 0.5) is 8.78 Å². The lowest BCUT2D eigenvalue weighted by molar-refractivity contribution is -0.154. The summed E-state index contributed by atoms with van der Waals surface area (Å²) in [4.78, 5) is 23.9. The molecule has 4 aliphatic rings. The van der Waals surface area contributed by atoms with Gasteiger partial charge in [-0.3, -0.25) is 9.59 Å². The van der Waals surface area contributed by atoms with Crippen molar-refractivity contribution in [3.05, 3.63) is 57.7 Å². The summed E-state index contributed by atoms with van der Waals surface area (Å²) < 4.78 is 35.0. The molecule has 0 N–H and O–H groups in total. The topological polar surface area (TPSA) is 43.4 Å². The Bertz CT molecular complexity index is 1050. The van der Waals surface area contributed by atoms with Gasteiger partial charge in [-0.05, 0) is 92.2 Å². The fraction of sp³-hybridized carbons (Fsp3) is 0.556. The quantitative estimate of drug-likeness (QED) is 0.522. The SMILES string of the molecule is CC(=O)OC1CCC2C3CCC4=CC(=O)CCC4=C3C(c3cc(F)c(C)c(F)c3)CC12C. The second-order valence-corrected chi connectivity index (χ2v) is 10.4. The Morgan fingerprint density at radius 2 is 1.81 bits per heavy atom. The van der Waals surface area contributed by atoms with Crippen LogP contribution in [0.2, 0.25) is 0 Å². The summed E-state index contributed by atoms with van der Waals surface area (Å²) in [6.07, 6.45) is 7.11. The van der Waals surface area contributed by atoms with Crippen LogP contribution in [0.3, 0.4) is 0 Å². The minimum Gasteiger partial charge on any atom is -0.462 e. The van der Waals surface area contributed by atoms with Crippen LogP contribution in [0.1, 0.15) is 75.8 Å². The van der Waals surface area contributed by atoms with Crippen LogP contribution in [-0.4, -0.2) is 17.9 Å². The summed E-state index contributed by atoms with van der Waals surface area (Å²) in [5.41, 5.74) is 4.09. The zero-order chi connectivity index (χ0) is 22.8. The van der Waals surface area contributed by atoms with Crippen LogP contribution in [0.5, 0.6) is 0 Å². The molecule has 4 aliphatic carbocycles. The summed E-state index contributed by atoms with van der Waals surface area (Å²) in [7, 11) is 0. The first-order valence-corrected chi connectivity index (χ1v) is 11.8. The van der Waals surface area contributed by atoms with Gasteiger partial charge in [0.2, 0.25) is 0 Å². The lowest BCUT2D eigenvalue weighted by atomic mass is 9.53. The minimum absolute atomic E-state index is 0.0361. The van der Waals surface area contributed by atoms with Crippen LogP contribution in [0.15, 0.2) is 34.9 Å². The first-order valence-electron chi connectivity index (χ1n) is 11.8. The van der Waals surface area contributed by atoms with Crippen LogP contribution in [-0.2, 0) is 14.3 Å². The molecule has 0 amide bonds. The highest BCUT2D eigenvalue weighted by molar-refractivity contribution is 5.93. The lowest BCUT2D eigenvalue weighted by Crippen LogP contribution is -2.46. The number of carbonyl (C=O) groups excluding carboxylic acids is 2. The number of halogens is 2. The third-order valence-corrected chi connectivity index (χ3v) is 8.66. The van der Waals surface area contributed by atoms with Crippen molar-refractivity contribution in [3.63, 3.8) is 0 Å². The van der Waals surface area contributed by atoms with Crippen LogP contribution in [0, 0.1) is 35.8 Å². The number of hydrogen-bond acceptors (Lipinski definition) is 3.